The molecule has 1 aliphatic rings. The molecule has 1 heterocycles. The van der Waals surface area contributed by atoms with Gasteiger partial charge in [-0.05, 0) is 86.0 Å². The molecule has 0 aliphatic carbocycles. The van der Waals surface area contributed by atoms with Crippen LogP contribution in [0.15, 0.2) is 46.6 Å². The SMILES string of the molecule is CC(C)=CCCC(C)=CCCC(C)=CCCC(C)=CCN1CCCCCC1=O. The molecule has 0 radical (unpaired) electrons. The van der Waals surface area contributed by atoms with Gasteiger partial charge in [0.25, 0.3) is 0 Å². The Kier molecular flexibility index (Phi) is 12.6. The molecule has 0 N–H and O–H groups in total. The number of allylic oxidation sites excluding steroid dienone is 7. The van der Waals surface area contributed by atoms with E-state index in [0.717, 1.165) is 64.5 Å². The minimum atomic E-state index is 0.335. The Balaban J connectivity index is 2.27. The molecule has 158 valence electrons. The number of amides is 1. The third-order valence-electron chi connectivity index (χ3n) is 5.49. The predicted octanol–water partition coefficient (Wildman–Crippen LogP) is 7.53. The van der Waals surface area contributed by atoms with E-state index in [2.05, 4.69) is 58.9 Å². The van der Waals surface area contributed by atoms with Crippen LogP contribution in [0, 0.1) is 0 Å². The van der Waals surface area contributed by atoms with Gasteiger partial charge in [0.2, 0.25) is 5.91 Å². The van der Waals surface area contributed by atoms with Gasteiger partial charge >= 0.3 is 0 Å². The molecule has 0 aromatic rings. The van der Waals surface area contributed by atoms with Crippen molar-refractivity contribution < 1.29 is 4.79 Å². The Morgan fingerprint density at radius 1 is 0.750 bits per heavy atom. The van der Waals surface area contributed by atoms with E-state index >= 15 is 0 Å². The summed E-state index contributed by atoms with van der Waals surface area (Å²) in [6, 6.07) is 0. The van der Waals surface area contributed by atoms with Crippen molar-refractivity contribution in [3.63, 3.8) is 0 Å². The van der Waals surface area contributed by atoms with Gasteiger partial charge in [-0.1, -0.05) is 53.0 Å². The van der Waals surface area contributed by atoms with Crippen LogP contribution >= 0.6 is 0 Å². The highest BCUT2D eigenvalue weighted by molar-refractivity contribution is 5.76. The van der Waals surface area contributed by atoms with E-state index in [1.54, 1.807) is 0 Å². The highest BCUT2D eigenvalue weighted by atomic mass is 16.2. The molecule has 0 spiro atoms. The van der Waals surface area contributed by atoms with E-state index in [-0.39, 0.29) is 0 Å². The van der Waals surface area contributed by atoms with Crippen molar-refractivity contribution >= 4 is 5.91 Å². The van der Waals surface area contributed by atoms with Gasteiger partial charge < -0.3 is 4.90 Å². The first-order valence-corrected chi connectivity index (χ1v) is 11.3. The first-order valence-electron chi connectivity index (χ1n) is 11.3. The number of likely N-dealkylation sites (tertiary alicyclic amines) is 1. The highest BCUT2D eigenvalue weighted by Crippen LogP contribution is 2.15. The molecule has 2 nitrogen and oxygen atoms in total. The minimum Gasteiger partial charge on any atom is -0.339 e. The predicted molar refractivity (Wildman–Crippen MR) is 123 cm³/mol. The normalized spacial score (nSPS) is 17.0. The van der Waals surface area contributed by atoms with Crippen molar-refractivity contribution in [2.24, 2.45) is 0 Å². The zero-order chi connectivity index (χ0) is 20.8. The second kappa shape index (κ2) is 14.4. The summed E-state index contributed by atoms with van der Waals surface area (Å²) in [6.07, 6.45) is 20.4. The molecular formula is C26H43NO. The largest absolute Gasteiger partial charge is 0.339 e. The van der Waals surface area contributed by atoms with Gasteiger partial charge in [-0.3, -0.25) is 4.79 Å². The van der Waals surface area contributed by atoms with E-state index in [4.69, 9.17) is 0 Å². The standard InChI is InChI=1S/C26H43NO/c1-22(2)12-9-13-23(3)14-10-15-24(4)16-11-17-25(5)19-21-27-20-8-6-7-18-26(27)28/h12,14,16,19H,6-11,13,15,17-18,20-21H2,1-5H3. The minimum absolute atomic E-state index is 0.335. The molecule has 1 aliphatic heterocycles. The molecule has 1 fully saturated rings. The molecule has 0 saturated carbocycles. The average molecular weight is 386 g/mol. The van der Waals surface area contributed by atoms with Crippen LogP contribution in [-0.4, -0.2) is 23.9 Å². The van der Waals surface area contributed by atoms with Gasteiger partial charge in [0, 0.05) is 19.5 Å². The van der Waals surface area contributed by atoms with Gasteiger partial charge in [0.05, 0.1) is 0 Å². The second-order valence-electron chi connectivity index (χ2n) is 8.70. The summed E-state index contributed by atoms with van der Waals surface area (Å²) < 4.78 is 0. The molecule has 1 rings (SSSR count). The summed E-state index contributed by atoms with van der Waals surface area (Å²) in [6.45, 7) is 12.8. The highest BCUT2D eigenvalue weighted by Gasteiger charge is 2.14. The molecule has 0 bridgehead atoms. The van der Waals surface area contributed by atoms with Crippen molar-refractivity contribution in [3.05, 3.63) is 46.6 Å². The zero-order valence-electron chi connectivity index (χ0n) is 19.2. The van der Waals surface area contributed by atoms with Crippen LogP contribution in [0.5, 0.6) is 0 Å². The lowest BCUT2D eigenvalue weighted by Crippen LogP contribution is -2.30. The Morgan fingerprint density at radius 2 is 1.29 bits per heavy atom. The molecule has 0 unspecified atom stereocenters. The quantitative estimate of drug-likeness (QED) is 0.336. The fraction of sp³-hybridized carbons (Fsp3) is 0.654. The molecule has 0 aromatic carbocycles. The molecule has 1 saturated heterocycles. The average Bonchev–Trinajstić information content (AvgIpc) is 2.83. The molecule has 0 atom stereocenters. The van der Waals surface area contributed by atoms with Crippen molar-refractivity contribution in [1.29, 1.82) is 0 Å². The van der Waals surface area contributed by atoms with Crippen LogP contribution in [0.3, 0.4) is 0 Å². The monoisotopic (exact) mass is 385 g/mol. The smallest absolute Gasteiger partial charge is 0.222 e. The van der Waals surface area contributed by atoms with Gasteiger partial charge in [-0.2, -0.15) is 0 Å². The van der Waals surface area contributed by atoms with Crippen LogP contribution in [-0.2, 0) is 4.79 Å². The summed E-state index contributed by atoms with van der Waals surface area (Å²) in [5, 5.41) is 0. The van der Waals surface area contributed by atoms with Crippen LogP contribution in [0.25, 0.3) is 0 Å². The van der Waals surface area contributed by atoms with Gasteiger partial charge in [0.1, 0.15) is 0 Å². The second-order valence-corrected chi connectivity index (χ2v) is 8.70. The fourth-order valence-electron chi connectivity index (χ4n) is 3.48. The maximum atomic E-state index is 12.0. The van der Waals surface area contributed by atoms with Crippen molar-refractivity contribution in [1.82, 2.24) is 4.90 Å². The van der Waals surface area contributed by atoms with Crippen LogP contribution in [0.4, 0.5) is 0 Å². The molecule has 1 amide bonds. The maximum absolute atomic E-state index is 12.0. The lowest BCUT2D eigenvalue weighted by molar-refractivity contribution is -0.130. The Bertz CT molecular complexity index is 588. The van der Waals surface area contributed by atoms with E-state index in [0.29, 0.717) is 5.91 Å². The van der Waals surface area contributed by atoms with Crippen LogP contribution in [0.1, 0.15) is 98.8 Å². The first-order chi connectivity index (χ1) is 13.4. The van der Waals surface area contributed by atoms with Gasteiger partial charge in [-0.25, -0.2) is 0 Å². The fourth-order valence-corrected chi connectivity index (χ4v) is 3.48. The lowest BCUT2D eigenvalue weighted by Gasteiger charge is -2.18. The van der Waals surface area contributed by atoms with E-state index < -0.39 is 0 Å². The molecule has 2 heteroatoms. The van der Waals surface area contributed by atoms with Crippen LogP contribution < -0.4 is 0 Å². The topological polar surface area (TPSA) is 20.3 Å². The third-order valence-corrected chi connectivity index (χ3v) is 5.49. The van der Waals surface area contributed by atoms with Gasteiger partial charge in [-0.15, -0.1) is 0 Å². The number of carbonyl (C=O) groups is 1. The maximum Gasteiger partial charge on any atom is 0.222 e. The zero-order valence-corrected chi connectivity index (χ0v) is 19.2. The van der Waals surface area contributed by atoms with Crippen LogP contribution in [0.2, 0.25) is 0 Å². The van der Waals surface area contributed by atoms with Gasteiger partial charge in [0.15, 0.2) is 0 Å². The van der Waals surface area contributed by atoms with Crippen molar-refractivity contribution in [2.45, 2.75) is 98.8 Å². The summed E-state index contributed by atoms with van der Waals surface area (Å²) in [4.78, 5) is 14.1. The number of rotatable bonds is 11. The number of hydrogen-bond donors (Lipinski definition) is 0. The Hall–Kier alpha value is -1.57. The summed E-state index contributed by atoms with van der Waals surface area (Å²) >= 11 is 0. The summed E-state index contributed by atoms with van der Waals surface area (Å²) in [5.74, 6) is 0.335. The van der Waals surface area contributed by atoms with E-state index in [1.165, 1.54) is 35.1 Å². The molecule has 0 aromatic heterocycles. The number of carbonyl (C=O) groups excluding carboxylic acids is 1. The number of hydrogen-bond acceptors (Lipinski definition) is 1. The lowest BCUT2D eigenvalue weighted by atomic mass is 10.0. The van der Waals surface area contributed by atoms with Crippen molar-refractivity contribution in [3.8, 4) is 0 Å². The molecule has 28 heavy (non-hydrogen) atoms. The van der Waals surface area contributed by atoms with E-state index in [1.807, 2.05) is 4.90 Å². The molecular weight excluding hydrogens is 342 g/mol. The van der Waals surface area contributed by atoms with Crippen molar-refractivity contribution in [2.75, 3.05) is 13.1 Å². The Labute approximate surface area is 174 Å². The third kappa shape index (κ3) is 12.0. The van der Waals surface area contributed by atoms with E-state index in [9.17, 15) is 4.79 Å². The summed E-state index contributed by atoms with van der Waals surface area (Å²) in [5.41, 5.74) is 5.81. The summed E-state index contributed by atoms with van der Waals surface area (Å²) in [7, 11) is 0. The first kappa shape index (κ1) is 24.5. The number of nitrogens with zero attached hydrogens (tertiary/aromatic N) is 1. The Morgan fingerprint density at radius 3 is 1.86 bits per heavy atom.